The predicted octanol–water partition coefficient (Wildman–Crippen LogP) is -2.70. The van der Waals surface area contributed by atoms with Crippen LogP contribution < -0.4 is 67.5 Å². The number of amides is 3. The molecule has 0 aliphatic carbocycles. The number of urea groups is 1. The second kappa shape index (κ2) is 11.5. The van der Waals surface area contributed by atoms with Gasteiger partial charge >= 0.3 is 57.4 Å². The van der Waals surface area contributed by atoms with Crippen molar-refractivity contribution in [3.8, 4) is 6.26 Å². The molecule has 2 rings (SSSR count). The smallest absolute Gasteiger partial charge is 0.812 e. The first-order chi connectivity index (χ1) is 11.4. The summed E-state index contributed by atoms with van der Waals surface area (Å²) in [6.45, 7) is 3.55. The van der Waals surface area contributed by atoms with Gasteiger partial charge in [-0.15, -0.1) is 0 Å². The number of anilines is 1. The second-order valence-electron chi connectivity index (χ2n) is 5.44. The molecule has 8 nitrogen and oxygen atoms in total. The number of nitrogens with two attached hydrogens (primary N) is 1. The Bertz CT molecular complexity index is 635. The van der Waals surface area contributed by atoms with E-state index in [0.29, 0.717) is 17.5 Å². The summed E-state index contributed by atoms with van der Waals surface area (Å²) in [5.41, 5.74) is 6.80. The molecule has 0 saturated heterocycles. The number of carbonyl (C=O) groups excluding carboxylic acids is 2. The number of primary amides is 1. The number of nitrogens with one attached hydrogen (secondary N) is 1. The number of hydrogen-bond acceptors (Lipinski definition) is 5. The van der Waals surface area contributed by atoms with Crippen LogP contribution in [0.4, 0.5) is 10.5 Å². The number of hydrogen-bond donors (Lipinski definition) is 3. The van der Waals surface area contributed by atoms with Crippen molar-refractivity contribution >= 4 is 17.6 Å². The minimum atomic E-state index is -0.703. The first-order valence-electron chi connectivity index (χ1n) is 7.52. The summed E-state index contributed by atoms with van der Waals surface area (Å²) in [6, 6.07) is 5.11. The van der Waals surface area contributed by atoms with Crippen LogP contribution in [0.25, 0.3) is 0 Å². The molecule has 0 bridgehead atoms. The fraction of sp³-hybridized carbons (Fsp3) is 0.438. The molecule has 1 heterocycles. The number of rotatable bonds is 3. The van der Waals surface area contributed by atoms with Gasteiger partial charge in [0.15, 0.2) is 0 Å². The van der Waals surface area contributed by atoms with Crippen molar-refractivity contribution in [1.29, 1.82) is 5.26 Å². The van der Waals surface area contributed by atoms with Gasteiger partial charge in [0.1, 0.15) is 6.04 Å². The molecular weight excluding hydrogens is 351 g/mol. The van der Waals surface area contributed by atoms with Gasteiger partial charge in [-0.05, 0) is 12.0 Å². The minimum absolute atomic E-state index is 0. The molecule has 3 amide bonds. The first kappa shape index (κ1) is 23.8. The van der Waals surface area contributed by atoms with Gasteiger partial charge in [0, 0.05) is 17.5 Å². The van der Waals surface area contributed by atoms with Crippen molar-refractivity contribution in [2.45, 2.75) is 32.4 Å². The summed E-state index contributed by atoms with van der Waals surface area (Å²) in [4.78, 5) is 25.7. The van der Waals surface area contributed by atoms with E-state index in [4.69, 9.17) is 16.1 Å². The Kier molecular flexibility index (Phi) is 10.9. The summed E-state index contributed by atoms with van der Waals surface area (Å²) >= 11 is 0. The maximum atomic E-state index is 12.5. The zero-order chi connectivity index (χ0) is 18.3. The molecule has 25 heavy (non-hydrogen) atoms. The van der Waals surface area contributed by atoms with Crippen LogP contribution in [-0.4, -0.2) is 34.6 Å². The van der Waals surface area contributed by atoms with E-state index in [1.54, 1.807) is 24.3 Å². The first-order valence-corrected chi connectivity index (χ1v) is 7.52. The average molecular weight is 372 g/mol. The van der Waals surface area contributed by atoms with E-state index in [0.717, 1.165) is 6.42 Å². The molecule has 0 aromatic heterocycles. The van der Waals surface area contributed by atoms with Crippen molar-refractivity contribution in [3.05, 3.63) is 29.8 Å². The van der Waals surface area contributed by atoms with Gasteiger partial charge in [0.05, 0.1) is 12.6 Å². The third-order valence-electron chi connectivity index (χ3n) is 4.09. The molecule has 9 heteroatoms. The number of fused-ring (bicyclic) bond motifs is 1. The Labute approximate surface area is 189 Å². The zero-order valence-electron chi connectivity index (χ0n) is 14.6. The summed E-state index contributed by atoms with van der Waals surface area (Å²) in [7, 11) is 0. The summed E-state index contributed by atoms with van der Waals surface area (Å²) in [5, 5.41) is 27.6. The molecule has 0 saturated carbocycles. The van der Waals surface area contributed by atoms with Crippen LogP contribution in [0.5, 0.6) is 0 Å². The van der Waals surface area contributed by atoms with E-state index in [1.165, 1.54) is 4.90 Å². The van der Waals surface area contributed by atoms with E-state index < -0.39 is 18.1 Å². The Morgan fingerprint density at radius 3 is 2.56 bits per heavy atom. The van der Waals surface area contributed by atoms with Gasteiger partial charge in [0.2, 0.25) is 5.91 Å². The minimum Gasteiger partial charge on any atom is -0.812 e. The SMILES string of the molecule is CC[C@H](C)[C@H]1C(=O)Nc2ccccc2C(CO)N1C(N)=O.N#C[O-].[K+]. The van der Waals surface area contributed by atoms with Crippen molar-refractivity contribution in [3.63, 3.8) is 0 Å². The van der Waals surface area contributed by atoms with E-state index in [9.17, 15) is 14.7 Å². The Morgan fingerprint density at radius 1 is 1.52 bits per heavy atom. The molecule has 1 aromatic carbocycles. The van der Waals surface area contributed by atoms with Crippen molar-refractivity contribution in [1.82, 2.24) is 4.90 Å². The maximum Gasteiger partial charge on any atom is 1.00 e. The third-order valence-corrected chi connectivity index (χ3v) is 4.09. The van der Waals surface area contributed by atoms with E-state index >= 15 is 0 Å². The average Bonchev–Trinajstić information content (AvgIpc) is 2.68. The number of benzene rings is 1. The topological polar surface area (TPSA) is 143 Å². The molecule has 0 radical (unpaired) electrons. The number of carbonyl (C=O) groups is 2. The van der Waals surface area contributed by atoms with Gasteiger partial charge < -0.3 is 26.2 Å². The fourth-order valence-corrected chi connectivity index (χ4v) is 2.81. The quantitative estimate of drug-likeness (QED) is 0.391. The molecule has 3 atom stereocenters. The molecule has 0 fully saturated rings. The standard InChI is InChI=1S/C15H21N3O3.CHNO.K/c1-3-9(2)13-14(20)17-11-7-5-4-6-10(11)12(8-19)18(13)15(16)21;2-1-3;/h4-7,9,12-13,19H,3,8H2,1-2H3,(H2,16,21)(H,17,20);3H;/q;;+1/p-1/t9-,12?,13-;;/m0../s1. The van der Waals surface area contributed by atoms with E-state index in [1.807, 2.05) is 13.8 Å². The number of para-hydroxylation sites is 1. The molecular formula is C16H21KN4O4. The van der Waals surface area contributed by atoms with Crippen LogP contribution >= 0.6 is 0 Å². The molecule has 0 spiro atoms. The Balaban J connectivity index is 0.00000134. The van der Waals surface area contributed by atoms with Gasteiger partial charge in [-0.3, -0.25) is 4.79 Å². The van der Waals surface area contributed by atoms with Gasteiger partial charge in [0.25, 0.3) is 0 Å². The van der Waals surface area contributed by atoms with Crippen LogP contribution in [-0.2, 0) is 4.79 Å². The Hall–Kier alpha value is -1.15. The molecule has 130 valence electrons. The molecule has 1 aromatic rings. The Morgan fingerprint density at radius 2 is 2.08 bits per heavy atom. The number of aliphatic hydroxyl groups excluding tert-OH is 1. The van der Waals surface area contributed by atoms with E-state index in [2.05, 4.69) is 5.32 Å². The van der Waals surface area contributed by atoms with E-state index in [-0.39, 0.29) is 69.8 Å². The van der Waals surface area contributed by atoms with Crippen LogP contribution in [0.2, 0.25) is 0 Å². The van der Waals surface area contributed by atoms with Gasteiger partial charge in [-0.1, -0.05) is 38.5 Å². The largest absolute Gasteiger partial charge is 1.00 e. The maximum absolute atomic E-state index is 12.5. The number of nitriles is 1. The normalized spacial score (nSPS) is 19.6. The van der Waals surface area contributed by atoms with Crippen LogP contribution in [0.15, 0.2) is 24.3 Å². The number of nitrogens with zero attached hydrogens (tertiary/aromatic N) is 2. The predicted molar refractivity (Wildman–Crippen MR) is 85.2 cm³/mol. The van der Waals surface area contributed by atoms with Crippen molar-refractivity contribution in [2.75, 3.05) is 11.9 Å². The number of aliphatic hydroxyl groups is 1. The van der Waals surface area contributed by atoms with Crippen molar-refractivity contribution < 1.29 is 71.2 Å². The monoisotopic (exact) mass is 372 g/mol. The van der Waals surface area contributed by atoms with Crippen LogP contribution in [0.3, 0.4) is 0 Å². The molecule has 1 unspecified atom stereocenters. The van der Waals surface area contributed by atoms with Crippen LogP contribution in [0.1, 0.15) is 31.9 Å². The van der Waals surface area contributed by atoms with Gasteiger partial charge in [-0.25, -0.2) is 10.1 Å². The fourth-order valence-electron chi connectivity index (χ4n) is 2.81. The molecule has 1 aliphatic heterocycles. The summed E-state index contributed by atoms with van der Waals surface area (Å²) < 4.78 is 0. The molecule has 4 N–H and O–H groups in total. The molecule has 1 aliphatic rings. The van der Waals surface area contributed by atoms with Gasteiger partial charge in [-0.2, -0.15) is 0 Å². The third kappa shape index (κ3) is 5.67. The summed E-state index contributed by atoms with van der Waals surface area (Å²) in [5.74, 6) is -0.340. The second-order valence-corrected chi connectivity index (χ2v) is 5.44. The zero-order valence-corrected chi connectivity index (χ0v) is 17.7. The van der Waals surface area contributed by atoms with Crippen molar-refractivity contribution in [2.24, 2.45) is 11.7 Å². The van der Waals surface area contributed by atoms with Crippen LogP contribution in [0, 0.1) is 17.4 Å². The summed E-state index contributed by atoms with van der Waals surface area (Å²) in [6.07, 6.45) is 1.22.